The van der Waals surface area contributed by atoms with E-state index in [1.165, 1.54) is 5.56 Å². The van der Waals surface area contributed by atoms with Gasteiger partial charge < -0.3 is 10.4 Å². The third kappa shape index (κ3) is 2.50. The van der Waals surface area contributed by atoms with Crippen LogP contribution in [0.3, 0.4) is 0 Å². The highest BCUT2D eigenvalue weighted by atomic mass is 16.4. The van der Waals surface area contributed by atoms with E-state index in [9.17, 15) is 4.79 Å². The molecule has 0 amide bonds. The first-order valence-corrected chi connectivity index (χ1v) is 6.13. The van der Waals surface area contributed by atoms with Gasteiger partial charge in [-0.05, 0) is 17.0 Å². The van der Waals surface area contributed by atoms with Crippen molar-refractivity contribution < 1.29 is 9.90 Å². The van der Waals surface area contributed by atoms with E-state index in [1.807, 2.05) is 0 Å². The fourth-order valence-corrected chi connectivity index (χ4v) is 2.42. The van der Waals surface area contributed by atoms with Gasteiger partial charge in [0, 0.05) is 19.0 Å². The van der Waals surface area contributed by atoms with Crippen molar-refractivity contribution in [3.63, 3.8) is 0 Å². The zero-order chi connectivity index (χ0) is 12.4. The maximum Gasteiger partial charge on any atom is 0.308 e. The lowest BCUT2D eigenvalue weighted by Gasteiger charge is -2.16. The predicted octanol–water partition coefficient (Wildman–Crippen LogP) is 2.20. The number of carboxylic acid groups (broad SMARTS) is 1. The van der Waals surface area contributed by atoms with E-state index in [0.29, 0.717) is 12.5 Å². The van der Waals surface area contributed by atoms with Crippen LogP contribution in [0.15, 0.2) is 24.3 Å². The summed E-state index contributed by atoms with van der Waals surface area (Å²) < 4.78 is 0. The Morgan fingerprint density at radius 1 is 1.29 bits per heavy atom. The molecule has 92 valence electrons. The minimum absolute atomic E-state index is 0.105. The van der Waals surface area contributed by atoms with Gasteiger partial charge in [-0.15, -0.1) is 0 Å². The molecule has 2 rings (SSSR count). The van der Waals surface area contributed by atoms with Crippen LogP contribution in [0.1, 0.15) is 36.8 Å². The van der Waals surface area contributed by atoms with Crippen LogP contribution in [0.5, 0.6) is 0 Å². The van der Waals surface area contributed by atoms with Gasteiger partial charge in [0.05, 0.1) is 5.92 Å². The van der Waals surface area contributed by atoms with Crippen molar-refractivity contribution in [3.8, 4) is 0 Å². The molecule has 1 aromatic carbocycles. The summed E-state index contributed by atoms with van der Waals surface area (Å²) in [5, 5.41) is 12.3. The Bertz CT molecular complexity index is 397. The lowest BCUT2D eigenvalue weighted by atomic mass is 9.88. The molecule has 0 radical (unpaired) electrons. The van der Waals surface area contributed by atoms with Crippen LogP contribution in [-0.4, -0.2) is 24.2 Å². The van der Waals surface area contributed by atoms with E-state index in [1.54, 1.807) is 0 Å². The van der Waals surface area contributed by atoms with Gasteiger partial charge in [-0.25, -0.2) is 0 Å². The summed E-state index contributed by atoms with van der Waals surface area (Å²) >= 11 is 0. The largest absolute Gasteiger partial charge is 0.481 e. The summed E-state index contributed by atoms with van der Waals surface area (Å²) in [4.78, 5) is 11.1. The third-order valence-corrected chi connectivity index (χ3v) is 3.56. The van der Waals surface area contributed by atoms with E-state index < -0.39 is 5.97 Å². The SMILES string of the molecule is CC(C)c1ccc(C2CNCC2C(=O)O)cc1. The minimum Gasteiger partial charge on any atom is -0.481 e. The van der Waals surface area contributed by atoms with Crippen molar-refractivity contribution in [2.24, 2.45) is 5.92 Å². The summed E-state index contributed by atoms with van der Waals surface area (Å²) in [5.41, 5.74) is 2.43. The Kier molecular flexibility index (Phi) is 3.48. The predicted molar refractivity (Wildman–Crippen MR) is 67.3 cm³/mol. The molecule has 1 saturated heterocycles. The van der Waals surface area contributed by atoms with E-state index in [2.05, 4.69) is 43.4 Å². The van der Waals surface area contributed by atoms with Crippen LogP contribution in [0.25, 0.3) is 0 Å². The fourth-order valence-electron chi connectivity index (χ4n) is 2.42. The highest BCUT2D eigenvalue weighted by molar-refractivity contribution is 5.72. The van der Waals surface area contributed by atoms with Gasteiger partial charge in [-0.2, -0.15) is 0 Å². The summed E-state index contributed by atoms with van der Waals surface area (Å²) in [6.07, 6.45) is 0. The molecule has 2 N–H and O–H groups in total. The van der Waals surface area contributed by atoms with Gasteiger partial charge in [0.1, 0.15) is 0 Å². The van der Waals surface area contributed by atoms with Crippen molar-refractivity contribution in [1.82, 2.24) is 5.32 Å². The summed E-state index contributed by atoms with van der Waals surface area (Å²) in [6, 6.07) is 8.36. The number of benzene rings is 1. The molecule has 1 heterocycles. The Labute approximate surface area is 102 Å². The molecular weight excluding hydrogens is 214 g/mol. The molecular formula is C14H19NO2. The number of carbonyl (C=O) groups is 1. The molecule has 0 aromatic heterocycles. The van der Waals surface area contributed by atoms with Crippen molar-refractivity contribution in [1.29, 1.82) is 0 Å². The molecule has 2 atom stereocenters. The third-order valence-electron chi connectivity index (χ3n) is 3.56. The van der Waals surface area contributed by atoms with Gasteiger partial charge in [-0.1, -0.05) is 38.1 Å². The second kappa shape index (κ2) is 4.88. The second-order valence-electron chi connectivity index (χ2n) is 5.03. The summed E-state index contributed by atoms with van der Waals surface area (Å²) in [7, 11) is 0. The van der Waals surface area contributed by atoms with Crippen molar-refractivity contribution in [2.75, 3.05) is 13.1 Å². The molecule has 3 nitrogen and oxygen atoms in total. The first-order chi connectivity index (χ1) is 8.09. The van der Waals surface area contributed by atoms with Gasteiger partial charge in [0.15, 0.2) is 0 Å². The lowest BCUT2D eigenvalue weighted by molar-refractivity contribution is -0.141. The molecule has 1 aliphatic rings. The number of hydrogen-bond donors (Lipinski definition) is 2. The second-order valence-corrected chi connectivity index (χ2v) is 5.03. The van der Waals surface area contributed by atoms with Crippen LogP contribution >= 0.6 is 0 Å². The van der Waals surface area contributed by atoms with Crippen LogP contribution < -0.4 is 5.32 Å². The van der Waals surface area contributed by atoms with Crippen LogP contribution in [-0.2, 0) is 4.79 Å². The molecule has 0 aliphatic carbocycles. The van der Waals surface area contributed by atoms with Crippen LogP contribution in [0.2, 0.25) is 0 Å². The average Bonchev–Trinajstić information content (AvgIpc) is 2.78. The van der Waals surface area contributed by atoms with Crippen molar-refractivity contribution in [3.05, 3.63) is 35.4 Å². The topological polar surface area (TPSA) is 49.3 Å². The zero-order valence-corrected chi connectivity index (χ0v) is 10.3. The number of carboxylic acids is 1. The number of nitrogens with one attached hydrogen (secondary N) is 1. The van der Waals surface area contributed by atoms with Gasteiger partial charge in [-0.3, -0.25) is 4.79 Å². The van der Waals surface area contributed by atoms with Crippen LogP contribution in [0, 0.1) is 5.92 Å². The molecule has 0 spiro atoms. The molecule has 0 saturated carbocycles. The van der Waals surface area contributed by atoms with E-state index in [0.717, 1.165) is 12.1 Å². The highest BCUT2D eigenvalue weighted by Crippen LogP contribution is 2.29. The summed E-state index contributed by atoms with van der Waals surface area (Å²) in [6.45, 7) is 5.66. The maximum atomic E-state index is 11.1. The van der Waals surface area contributed by atoms with Crippen molar-refractivity contribution >= 4 is 5.97 Å². The fraction of sp³-hybridized carbons (Fsp3) is 0.500. The standard InChI is InChI=1S/C14H19NO2/c1-9(2)10-3-5-11(6-4-10)12-7-15-8-13(12)14(16)17/h3-6,9,12-13,15H,7-8H2,1-2H3,(H,16,17). The quantitative estimate of drug-likeness (QED) is 0.841. The minimum atomic E-state index is -0.701. The highest BCUT2D eigenvalue weighted by Gasteiger charge is 2.33. The summed E-state index contributed by atoms with van der Waals surface area (Å²) in [5.74, 6) is -0.373. The van der Waals surface area contributed by atoms with Gasteiger partial charge >= 0.3 is 5.97 Å². The number of aliphatic carboxylic acids is 1. The molecule has 1 aromatic rings. The van der Waals surface area contributed by atoms with E-state index in [4.69, 9.17) is 5.11 Å². The van der Waals surface area contributed by atoms with Crippen LogP contribution in [0.4, 0.5) is 0 Å². The Balaban J connectivity index is 2.19. The normalized spacial score (nSPS) is 24.2. The van der Waals surface area contributed by atoms with E-state index in [-0.39, 0.29) is 11.8 Å². The van der Waals surface area contributed by atoms with Gasteiger partial charge in [0.25, 0.3) is 0 Å². The Hall–Kier alpha value is -1.35. The molecule has 2 unspecified atom stereocenters. The maximum absolute atomic E-state index is 11.1. The zero-order valence-electron chi connectivity index (χ0n) is 10.3. The first-order valence-electron chi connectivity index (χ1n) is 6.13. The lowest BCUT2D eigenvalue weighted by Crippen LogP contribution is -2.20. The number of rotatable bonds is 3. The number of hydrogen-bond acceptors (Lipinski definition) is 2. The monoisotopic (exact) mass is 233 g/mol. The smallest absolute Gasteiger partial charge is 0.308 e. The molecule has 3 heteroatoms. The Morgan fingerprint density at radius 2 is 1.94 bits per heavy atom. The van der Waals surface area contributed by atoms with Gasteiger partial charge in [0.2, 0.25) is 0 Å². The molecule has 17 heavy (non-hydrogen) atoms. The first kappa shape index (κ1) is 12.1. The Morgan fingerprint density at radius 3 is 2.47 bits per heavy atom. The average molecular weight is 233 g/mol. The van der Waals surface area contributed by atoms with E-state index >= 15 is 0 Å². The molecule has 1 fully saturated rings. The van der Waals surface area contributed by atoms with Crippen molar-refractivity contribution in [2.45, 2.75) is 25.7 Å². The molecule has 0 bridgehead atoms. The molecule has 1 aliphatic heterocycles.